The third-order valence-electron chi connectivity index (χ3n) is 3.33. The lowest BCUT2D eigenvalue weighted by atomic mass is 9.92. The molecule has 1 atom stereocenters. The van der Waals surface area contributed by atoms with E-state index in [0.717, 1.165) is 11.1 Å². The van der Waals surface area contributed by atoms with Crippen LogP contribution in [0.1, 0.15) is 18.1 Å². The van der Waals surface area contributed by atoms with Crippen LogP contribution < -0.4 is 0 Å². The zero-order valence-electron chi connectivity index (χ0n) is 11.2. The van der Waals surface area contributed by atoms with E-state index in [1.54, 1.807) is 0 Å². The van der Waals surface area contributed by atoms with E-state index in [0.29, 0.717) is 11.8 Å². The third-order valence-corrected chi connectivity index (χ3v) is 3.33. The number of aliphatic hydroxyl groups is 1. The van der Waals surface area contributed by atoms with Crippen molar-refractivity contribution in [3.63, 3.8) is 0 Å². The van der Waals surface area contributed by atoms with Crippen molar-refractivity contribution in [3.05, 3.63) is 77.9 Å². The number of allylic oxidation sites excluding steroid dienone is 7. The Labute approximate surface area is 115 Å². The van der Waals surface area contributed by atoms with E-state index >= 15 is 0 Å². The van der Waals surface area contributed by atoms with E-state index in [-0.39, 0.29) is 6.61 Å². The Bertz CT molecular complexity index is 504. The summed E-state index contributed by atoms with van der Waals surface area (Å²) in [4.78, 5) is 0. The largest absolute Gasteiger partial charge is 0.392 e. The van der Waals surface area contributed by atoms with Gasteiger partial charge in [-0.05, 0) is 23.1 Å². The van der Waals surface area contributed by atoms with E-state index in [1.165, 1.54) is 0 Å². The van der Waals surface area contributed by atoms with E-state index in [4.69, 9.17) is 5.11 Å². The van der Waals surface area contributed by atoms with Gasteiger partial charge in [-0.25, -0.2) is 0 Å². The lowest BCUT2D eigenvalue weighted by molar-refractivity contribution is 0.282. The Morgan fingerprint density at radius 3 is 2.58 bits per heavy atom. The molecule has 98 valence electrons. The van der Waals surface area contributed by atoms with Crippen molar-refractivity contribution in [1.29, 1.82) is 0 Å². The average molecular weight is 252 g/mol. The van der Waals surface area contributed by atoms with Gasteiger partial charge in [-0.15, -0.1) is 0 Å². The number of hydrogen-bond acceptors (Lipinski definition) is 1. The summed E-state index contributed by atoms with van der Waals surface area (Å²) >= 11 is 0. The van der Waals surface area contributed by atoms with Crippen molar-refractivity contribution < 1.29 is 5.11 Å². The summed E-state index contributed by atoms with van der Waals surface area (Å²) in [6.45, 7) is 2.31. The molecule has 0 amide bonds. The SMILES string of the molecule is CC(C=Cc1cccc(CO)c1)C1C=CC=CC=C1. The van der Waals surface area contributed by atoms with Crippen molar-refractivity contribution in [1.82, 2.24) is 0 Å². The predicted octanol–water partition coefficient (Wildman–Crippen LogP) is 4.13. The van der Waals surface area contributed by atoms with Gasteiger partial charge in [0.25, 0.3) is 0 Å². The van der Waals surface area contributed by atoms with Gasteiger partial charge in [-0.3, -0.25) is 0 Å². The van der Waals surface area contributed by atoms with Crippen molar-refractivity contribution in [2.45, 2.75) is 13.5 Å². The van der Waals surface area contributed by atoms with Gasteiger partial charge in [-0.1, -0.05) is 73.7 Å². The zero-order chi connectivity index (χ0) is 13.5. The van der Waals surface area contributed by atoms with Crippen LogP contribution in [-0.2, 0) is 6.61 Å². The number of aliphatic hydroxyl groups excluding tert-OH is 1. The van der Waals surface area contributed by atoms with Crippen LogP contribution in [0.25, 0.3) is 6.08 Å². The fourth-order valence-electron chi connectivity index (χ4n) is 2.11. The molecule has 0 aromatic heterocycles. The Kier molecular flexibility index (Phi) is 4.93. The molecular weight excluding hydrogens is 232 g/mol. The summed E-state index contributed by atoms with van der Waals surface area (Å²) < 4.78 is 0. The molecule has 0 fully saturated rings. The molecule has 1 aliphatic rings. The zero-order valence-corrected chi connectivity index (χ0v) is 11.2. The molecule has 1 aromatic rings. The minimum atomic E-state index is 0.0942. The Morgan fingerprint density at radius 2 is 1.89 bits per heavy atom. The quantitative estimate of drug-likeness (QED) is 0.854. The normalized spacial score (nSPS) is 16.9. The highest BCUT2D eigenvalue weighted by atomic mass is 16.3. The van der Waals surface area contributed by atoms with Gasteiger partial charge < -0.3 is 5.11 Å². The molecule has 1 aromatic carbocycles. The van der Waals surface area contributed by atoms with Crippen LogP contribution >= 0.6 is 0 Å². The molecule has 1 nitrogen and oxygen atoms in total. The highest BCUT2D eigenvalue weighted by Crippen LogP contribution is 2.19. The smallest absolute Gasteiger partial charge is 0.0682 e. The molecule has 0 bridgehead atoms. The van der Waals surface area contributed by atoms with Crippen molar-refractivity contribution in [3.8, 4) is 0 Å². The second kappa shape index (κ2) is 6.91. The van der Waals surface area contributed by atoms with E-state index in [9.17, 15) is 0 Å². The minimum Gasteiger partial charge on any atom is -0.392 e. The summed E-state index contributed by atoms with van der Waals surface area (Å²) in [5.41, 5.74) is 2.09. The first-order chi connectivity index (χ1) is 9.29. The first-order valence-corrected chi connectivity index (χ1v) is 6.69. The molecule has 1 aliphatic carbocycles. The summed E-state index contributed by atoms with van der Waals surface area (Å²) in [5.74, 6) is 0.887. The van der Waals surface area contributed by atoms with Crippen LogP contribution in [0.4, 0.5) is 0 Å². The monoisotopic (exact) mass is 252 g/mol. The highest BCUT2D eigenvalue weighted by molar-refractivity contribution is 5.50. The molecule has 0 radical (unpaired) electrons. The number of hydrogen-bond donors (Lipinski definition) is 1. The van der Waals surface area contributed by atoms with Crippen LogP contribution in [0.3, 0.4) is 0 Å². The fourth-order valence-corrected chi connectivity index (χ4v) is 2.11. The fraction of sp³-hybridized carbons (Fsp3) is 0.222. The van der Waals surface area contributed by atoms with E-state index < -0.39 is 0 Å². The molecular formula is C18H20O. The molecule has 1 heteroatoms. The highest BCUT2D eigenvalue weighted by Gasteiger charge is 2.08. The maximum absolute atomic E-state index is 9.13. The molecule has 0 aliphatic heterocycles. The van der Waals surface area contributed by atoms with Crippen LogP contribution in [0.2, 0.25) is 0 Å². The molecule has 2 rings (SSSR count). The van der Waals surface area contributed by atoms with Gasteiger partial charge in [0.05, 0.1) is 6.61 Å². The van der Waals surface area contributed by atoms with Gasteiger partial charge in [0, 0.05) is 5.92 Å². The van der Waals surface area contributed by atoms with Crippen LogP contribution in [0.5, 0.6) is 0 Å². The lowest BCUT2D eigenvalue weighted by Crippen LogP contribution is -2.02. The number of rotatable bonds is 4. The van der Waals surface area contributed by atoms with Crippen molar-refractivity contribution >= 4 is 6.08 Å². The molecule has 0 spiro atoms. The standard InChI is InChI=1S/C18H20O/c1-15(18-9-4-2-3-5-10-18)11-12-16-7-6-8-17(13-16)14-19/h2-13,15,18-19H,14H2,1H3. The topological polar surface area (TPSA) is 20.2 Å². The Morgan fingerprint density at radius 1 is 1.16 bits per heavy atom. The van der Waals surface area contributed by atoms with Crippen molar-refractivity contribution in [2.24, 2.45) is 11.8 Å². The molecule has 19 heavy (non-hydrogen) atoms. The van der Waals surface area contributed by atoms with Crippen molar-refractivity contribution in [2.75, 3.05) is 0 Å². The second-order valence-electron chi connectivity index (χ2n) is 4.85. The molecule has 1 N–H and O–H groups in total. The summed E-state index contributed by atoms with van der Waals surface area (Å²) in [7, 11) is 0. The Balaban J connectivity index is 2.05. The molecule has 0 saturated heterocycles. The van der Waals surface area contributed by atoms with Gasteiger partial charge in [0.15, 0.2) is 0 Å². The first kappa shape index (κ1) is 13.6. The van der Waals surface area contributed by atoms with E-state index in [2.05, 4.69) is 61.6 Å². The van der Waals surface area contributed by atoms with Gasteiger partial charge in [-0.2, -0.15) is 0 Å². The first-order valence-electron chi connectivity index (χ1n) is 6.69. The van der Waals surface area contributed by atoms with Gasteiger partial charge >= 0.3 is 0 Å². The van der Waals surface area contributed by atoms with E-state index in [1.807, 2.05) is 18.2 Å². The average Bonchev–Trinajstić information content (AvgIpc) is 2.74. The summed E-state index contributed by atoms with van der Waals surface area (Å²) in [6, 6.07) is 7.99. The third kappa shape index (κ3) is 4.08. The minimum absolute atomic E-state index is 0.0942. The second-order valence-corrected chi connectivity index (χ2v) is 4.85. The Hall–Kier alpha value is -1.86. The molecule has 0 heterocycles. The summed E-state index contributed by atoms with van der Waals surface area (Å²) in [5, 5.41) is 9.13. The van der Waals surface area contributed by atoms with Gasteiger partial charge in [0.2, 0.25) is 0 Å². The number of benzene rings is 1. The summed E-state index contributed by atoms with van der Waals surface area (Å²) in [6.07, 6.45) is 17.1. The van der Waals surface area contributed by atoms with Crippen LogP contribution in [0, 0.1) is 11.8 Å². The molecule has 1 unspecified atom stereocenters. The molecule has 0 saturated carbocycles. The predicted molar refractivity (Wildman–Crippen MR) is 81.5 cm³/mol. The van der Waals surface area contributed by atoms with Crippen LogP contribution in [-0.4, -0.2) is 5.11 Å². The van der Waals surface area contributed by atoms with Gasteiger partial charge in [0.1, 0.15) is 0 Å². The maximum atomic E-state index is 9.13. The van der Waals surface area contributed by atoms with Crippen LogP contribution in [0.15, 0.2) is 66.8 Å². The lowest BCUT2D eigenvalue weighted by Gasteiger charge is -2.12. The maximum Gasteiger partial charge on any atom is 0.0682 e.